The Morgan fingerprint density at radius 3 is 2.61 bits per heavy atom. The Balaban J connectivity index is 1.66. The van der Waals surface area contributed by atoms with Crippen molar-refractivity contribution in [3.8, 4) is 0 Å². The highest BCUT2D eigenvalue weighted by Crippen LogP contribution is 2.37. The van der Waals surface area contributed by atoms with Crippen LogP contribution in [0, 0.1) is 5.92 Å². The number of amides is 2. The van der Waals surface area contributed by atoms with Crippen LogP contribution in [0.5, 0.6) is 0 Å². The highest BCUT2D eigenvalue weighted by atomic mass is 32.2. The first kappa shape index (κ1) is 21.2. The number of carbonyl (C=O) groups is 2. The van der Waals surface area contributed by atoms with E-state index in [-0.39, 0.29) is 33.8 Å². The topological polar surface area (TPSA) is 92.3 Å². The molecule has 1 fully saturated rings. The maximum atomic E-state index is 12.8. The standard InChI is InChI=1S/C20H28N2O4S2/c1-13(19(23)21-15-7-5-3-4-6-8-15)12-28(25,26)16-9-10-18-17(11-16)22-20(24)14(2)27-18/h9-11,13-15H,3-8,12H2,1-2H3,(H,21,23)(H,22,24)/t13-,14+/m1/s1. The number of carbonyl (C=O) groups excluding carboxylic acids is 2. The van der Waals surface area contributed by atoms with Crippen molar-refractivity contribution < 1.29 is 18.0 Å². The molecule has 0 bridgehead atoms. The zero-order valence-electron chi connectivity index (χ0n) is 16.4. The minimum atomic E-state index is -3.64. The first-order valence-electron chi connectivity index (χ1n) is 9.91. The zero-order chi connectivity index (χ0) is 20.3. The lowest BCUT2D eigenvalue weighted by Crippen LogP contribution is -2.39. The number of nitrogens with one attached hydrogen (secondary N) is 2. The molecule has 2 N–H and O–H groups in total. The Labute approximate surface area is 171 Å². The van der Waals surface area contributed by atoms with E-state index in [9.17, 15) is 18.0 Å². The van der Waals surface area contributed by atoms with Crippen LogP contribution in [0.1, 0.15) is 52.4 Å². The molecule has 2 atom stereocenters. The van der Waals surface area contributed by atoms with Gasteiger partial charge in [0, 0.05) is 16.9 Å². The van der Waals surface area contributed by atoms with Crippen molar-refractivity contribution in [1.29, 1.82) is 0 Å². The molecule has 0 aromatic heterocycles. The van der Waals surface area contributed by atoms with Gasteiger partial charge in [-0.05, 0) is 38.0 Å². The number of rotatable bonds is 5. The highest BCUT2D eigenvalue weighted by molar-refractivity contribution is 8.01. The molecule has 6 nitrogen and oxygen atoms in total. The maximum Gasteiger partial charge on any atom is 0.237 e. The van der Waals surface area contributed by atoms with E-state index in [4.69, 9.17) is 0 Å². The van der Waals surface area contributed by atoms with Gasteiger partial charge in [0.05, 0.1) is 21.6 Å². The van der Waals surface area contributed by atoms with Crippen LogP contribution >= 0.6 is 11.8 Å². The average Bonchev–Trinajstić information content (AvgIpc) is 2.90. The molecule has 0 spiro atoms. The lowest BCUT2D eigenvalue weighted by atomic mass is 10.1. The van der Waals surface area contributed by atoms with E-state index >= 15 is 0 Å². The first-order valence-corrected chi connectivity index (χ1v) is 12.4. The summed E-state index contributed by atoms with van der Waals surface area (Å²) in [5.41, 5.74) is 0.518. The fourth-order valence-electron chi connectivity index (χ4n) is 3.65. The Kier molecular flexibility index (Phi) is 6.70. The van der Waals surface area contributed by atoms with Crippen LogP contribution in [-0.4, -0.2) is 37.3 Å². The predicted octanol–water partition coefficient (Wildman–Crippen LogP) is 3.37. The Hall–Kier alpha value is -1.54. The molecule has 1 aromatic carbocycles. The van der Waals surface area contributed by atoms with Gasteiger partial charge in [-0.1, -0.05) is 32.6 Å². The molecular weight excluding hydrogens is 396 g/mol. The second-order valence-electron chi connectivity index (χ2n) is 7.79. The summed E-state index contributed by atoms with van der Waals surface area (Å²) in [6.45, 7) is 3.46. The van der Waals surface area contributed by atoms with Crippen LogP contribution in [0.2, 0.25) is 0 Å². The second-order valence-corrected chi connectivity index (χ2v) is 11.2. The fraction of sp³-hybridized carbons (Fsp3) is 0.600. The van der Waals surface area contributed by atoms with Crippen LogP contribution in [0.25, 0.3) is 0 Å². The van der Waals surface area contributed by atoms with Crippen molar-refractivity contribution >= 4 is 39.1 Å². The molecule has 0 saturated heterocycles. The maximum absolute atomic E-state index is 12.8. The zero-order valence-corrected chi connectivity index (χ0v) is 18.0. The van der Waals surface area contributed by atoms with Crippen LogP contribution in [0.15, 0.2) is 28.0 Å². The van der Waals surface area contributed by atoms with Gasteiger partial charge in [0.25, 0.3) is 0 Å². The van der Waals surface area contributed by atoms with E-state index < -0.39 is 15.8 Å². The molecule has 1 saturated carbocycles. The molecule has 1 aliphatic heterocycles. The van der Waals surface area contributed by atoms with Crippen LogP contribution < -0.4 is 10.6 Å². The van der Waals surface area contributed by atoms with Gasteiger partial charge in [0.1, 0.15) is 0 Å². The minimum absolute atomic E-state index is 0.135. The average molecular weight is 425 g/mol. The Morgan fingerprint density at radius 2 is 1.93 bits per heavy atom. The van der Waals surface area contributed by atoms with Gasteiger partial charge >= 0.3 is 0 Å². The van der Waals surface area contributed by atoms with Gasteiger partial charge in [0.15, 0.2) is 9.84 Å². The summed E-state index contributed by atoms with van der Waals surface area (Å²) in [6.07, 6.45) is 6.53. The van der Waals surface area contributed by atoms with E-state index in [2.05, 4.69) is 10.6 Å². The molecule has 3 rings (SSSR count). The van der Waals surface area contributed by atoms with Gasteiger partial charge in [0.2, 0.25) is 11.8 Å². The minimum Gasteiger partial charge on any atom is -0.353 e. The molecule has 0 radical (unpaired) electrons. The molecule has 1 aromatic rings. The van der Waals surface area contributed by atoms with E-state index in [1.807, 2.05) is 6.92 Å². The van der Waals surface area contributed by atoms with Gasteiger partial charge < -0.3 is 10.6 Å². The quantitative estimate of drug-likeness (QED) is 0.707. The lowest BCUT2D eigenvalue weighted by molar-refractivity contribution is -0.124. The SMILES string of the molecule is C[C@H](CS(=O)(=O)c1ccc2c(c1)NC(=O)[C@H](C)S2)C(=O)NC1CCCCCC1. The molecule has 28 heavy (non-hydrogen) atoms. The molecule has 154 valence electrons. The van der Waals surface area contributed by atoms with Crippen LogP contribution in [0.4, 0.5) is 5.69 Å². The second kappa shape index (κ2) is 8.86. The molecule has 2 aliphatic rings. The van der Waals surface area contributed by atoms with Crippen molar-refractivity contribution in [3.63, 3.8) is 0 Å². The third-order valence-electron chi connectivity index (χ3n) is 5.36. The predicted molar refractivity (Wildman–Crippen MR) is 111 cm³/mol. The van der Waals surface area contributed by atoms with Crippen LogP contribution in [-0.2, 0) is 19.4 Å². The molecular formula is C20H28N2O4S2. The number of hydrogen-bond donors (Lipinski definition) is 2. The van der Waals surface area contributed by atoms with E-state index in [1.165, 1.54) is 30.7 Å². The van der Waals surface area contributed by atoms with Crippen molar-refractivity contribution in [1.82, 2.24) is 5.32 Å². The monoisotopic (exact) mass is 424 g/mol. The first-order chi connectivity index (χ1) is 13.3. The molecule has 1 aliphatic carbocycles. The summed E-state index contributed by atoms with van der Waals surface area (Å²) in [7, 11) is -3.64. The Morgan fingerprint density at radius 1 is 1.25 bits per heavy atom. The summed E-state index contributed by atoms with van der Waals surface area (Å²) in [6, 6.07) is 4.93. The number of benzene rings is 1. The summed E-state index contributed by atoms with van der Waals surface area (Å²) in [5.74, 6) is -1.22. The lowest BCUT2D eigenvalue weighted by Gasteiger charge is -2.22. The normalized spacial score (nSPS) is 21.9. The number of fused-ring (bicyclic) bond motifs is 1. The van der Waals surface area contributed by atoms with E-state index in [0.717, 1.165) is 30.6 Å². The van der Waals surface area contributed by atoms with Crippen LogP contribution in [0.3, 0.4) is 0 Å². The number of hydrogen-bond acceptors (Lipinski definition) is 5. The molecule has 8 heteroatoms. The number of sulfone groups is 1. The summed E-state index contributed by atoms with van der Waals surface area (Å²) in [5, 5.41) is 5.58. The molecule has 2 amide bonds. The summed E-state index contributed by atoms with van der Waals surface area (Å²) < 4.78 is 25.7. The van der Waals surface area contributed by atoms with E-state index in [0.29, 0.717) is 5.69 Å². The third kappa shape index (κ3) is 5.08. The fourth-order valence-corrected chi connectivity index (χ4v) is 6.15. The van der Waals surface area contributed by atoms with Gasteiger partial charge in [-0.15, -0.1) is 11.8 Å². The van der Waals surface area contributed by atoms with Crippen molar-refractivity contribution in [3.05, 3.63) is 18.2 Å². The van der Waals surface area contributed by atoms with Gasteiger partial charge in [-0.3, -0.25) is 9.59 Å². The van der Waals surface area contributed by atoms with E-state index in [1.54, 1.807) is 19.1 Å². The molecule has 1 heterocycles. The van der Waals surface area contributed by atoms with Gasteiger partial charge in [-0.2, -0.15) is 0 Å². The van der Waals surface area contributed by atoms with Crippen molar-refractivity contribution in [2.45, 2.75) is 73.5 Å². The van der Waals surface area contributed by atoms with Crippen molar-refractivity contribution in [2.75, 3.05) is 11.1 Å². The molecule has 0 unspecified atom stereocenters. The van der Waals surface area contributed by atoms with Crippen molar-refractivity contribution in [2.24, 2.45) is 5.92 Å². The van der Waals surface area contributed by atoms with Gasteiger partial charge in [-0.25, -0.2) is 8.42 Å². The number of anilines is 1. The number of thioether (sulfide) groups is 1. The summed E-state index contributed by atoms with van der Waals surface area (Å²) in [4.78, 5) is 25.4. The third-order valence-corrected chi connectivity index (χ3v) is 8.45. The smallest absolute Gasteiger partial charge is 0.237 e. The Bertz CT molecular complexity index is 846. The summed E-state index contributed by atoms with van der Waals surface area (Å²) >= 11 is 1.41. The highest BCUT2D eigenvalue weighted by Gasteiger charge is 2.28. The largest absolute Gasteiger partial charge is 0.353 e.